The molecule has 0 fully saturated rings. The molecule has 1 atom stereocenters. The average molecular weight is 236 g/mol. The van der Waals surface area contributed by atoms with E-state index in [4.69, 9.17) is 0 Å². The second-order valence-electron chi connectivity index (χ2n) is 4.10. The van der Waals surface area contributed by atoms with Crippen molar-refractivity contribution in [2.45, 2.75) is 25.6 Å². The molecule has 0 aliphatic heterocycles. The van der Waals surface area contributed by atoms with Crippen LogP contribution in [0.4, 0.5) is 0 Å². The van der Waals surface area contributed by atoms with Crippen LogP contribution >= 0.6 is 11.8 Å². The van der Waals surface area contributed by atoms with Crippen LogP contribution in [0.5, 0.6) is 0 Å². The number of rotatable bonds is 3. The van der Waals surface area contributed by atoms with Gasteiger partial charge in [0.1, 0.15) is 5.52 Å². The van der Waals surface area contributed by atoms with E-state index in [1.54, 1.807) is 0 Å². The van der Waals surface area contributed by atoms with Gasteiger partial charge in [0, 0.05) is 29.1 Å². The highest BCUT2D eigenvalue weighted by atomic mass is 32.2. The number of thioether (sulfide) groups is 1. The average Bonchev–Trinajstić information content (AvgIpc) is 2.61. The number of nitrogens with zero attached hydrogens (tertiary/aromatic N) is 1. The third-order valence-corrected chi connectivity index (χ3v) is 3.70. The summed E-state index contributed by atoms with van der Waals surface area (Å²) in [6.45, 7) is 4.94. The molecular weight excluding hydrogens is 220 g/mol. The topological polar surface area (TPSA) is 37.8 Å². The number of hydrogen-bond acceptors (Lipinski definition) is 2. The van der Waals surface area contributed by atoms with Crippen molar-refractivity contribution in [1.82, 2.24) is 9.55 Å². The van der Waals surface area contributed by atoms with E-state index in [2.05, 4.69) is 18.2 Å². The van der Waals surface area contributed by atoms with Crippen LogP contribution in [-0.4, -0.2) is 21.1 Å². The summed E-state index contributed by atoms with van der Waals surface area (Å²) in [4.78, 5) is 14.7. The van der Waals surface area contributed by atoms with Gasteiger partial charge in [0.05, 0.1) is 0 Å². The predicted molar refractivity (Wildman–Crippen MR) is 70.3 cm³/mol. The lowest BCUT2D eigenvalue weighted by atomic mass is 10.3. The minimum absolute atomic E-state index is 0.00769. The fraction of sp³-hybridized carbons (Fsp3) is 0.417. The molecule has 86 valence electrons. The van der Waals surface area contributed by atoms with E-state index in [0.717, 1.165) is 23.1 Å². The van der Waals surface area contributed by atoms with Crippen molar-refractivity contribution < 1.29 is 0 Å². The highest BCUT2D eigenvalue weighted by Gasteiger charge is 2.08. The SMILES string of the molecule is CSC(C)Cn1ccc2cc(C)[nH]c(=O)c21. The van der Waals surface area contributed by atoms with Gasteiger partial charge in [0.2, 0.25) is 0 Å². The second kappa shape index (κ2) is 4.37. The zero-order valence-corrected chi connectivity index (χ0v) is 10.6. The van der Waals surface area contributed by atoms with E-state index in [-0.39, 0.29) is 5.56 Å². The van der Waals surface area contributed by atoms with Crippen molar-refractivity contribution >= 4 is 22.7 Å². The molecule has 0 radical (unpaired) electrons. The van der Waals surface area contributed by atoms with Crippen LogP contribution in [0.1, 0.15) is 12.6 Å². The van der Waals surface area contributed by atoms with Crippen LogP contribution in [0.3, 0.4) is 0 Å². The molecule has 1 unspecified atom stereocenters. The molecule has 3 nitrogen and oxygen atoms in total. The van der Waals surface area contributed by atoms with E-state index in [9.17, 15) is 4.79 Å². The summed E-state index contributed by atoms with van der Waals surface area (Å²) in [5.41, 5.74) is 1.70. The monoisotopic (exact) mass is 236 g/mol. The van der Waals surface area contributed by atoms with Crippen LogP contribution < -0.4 is 5.56 Å². The van der Waals surface area contributed by atoms with Gasteiger partial charge in [0.15, 0.2) is 0 Å². The smallest absolute Gasteiger partial charge is 0.272 e. The van der Waals surface area contributed by atoms with Gasteiger partial charge in [-0.05, 0) is 25.3 Å². The largest absolute Gasteiger partial charge is 0.342 e. The Hall–Kier alpha value is -1.16. The van der Waals surface area contributed by atoms with Gasteiger partial charge >= 0.3 is 0 Å². The van der Waals surface area contributed by atoms with Crippen molar-refractivity contribution in [2.24, 2.45) is 0 Å². The quantitative estimate of drug-likeness (QED) is 0.888. The minimum Gasteiger partial charge on any atom is -0.342 e. The van der Waals surface area contributed by atoms with Crippen LogP contribution in [0, 0.1) is 6.92 Å². The lowest BCUT2D eigenvalue weighted by Gasteiger charge is -2.10. The molecule has 0 saturated carbocycles. The highest BCUT2D eigenvalue weighted by molar-refractivity contribution is 7.99. The van der Waals surface area contributed by atoms with E-state index < -0.39 is 0 Å². The summed E-state index contributed by atoms with van der Waals surface area (Å²) in [6.07, 6.45) is 4.08. The fourth-order valence-electron chi connectivity index (χ4n) is 1.88. The maximum atomic E-state index is 11.9. The van der Waals surface area contributed by atoms with Crippen LogP contribution in [-0.2, 0) is 6.54 Å². The Bertz CT molecular complexity index is 556. The first kappa shape index (κ1) is 11.3. The van der Waals surface area contributed by atoms with Gasteiger partial charge < -0.3 is 9.55 Å². The fourth-order valence-corrected chi connectivity index (χ4v) is 2.19. The number of aryl methyl sites for hydroxylation is 1. The first-order chi connectivity index (χ1) is 7.61. The lowest BCUT2D eigenvalue weighted by Crippen LogP contribution is -2.15. The third kappa shape index (κ3) is 2.02. The van der Waals surface area contributed by atoms with Crippen molar-refractivity contribution in [3.05, 3.63) is 34.4 Å². The van der Waals surface area contributed by atoms with E-state index >= 15 is 0 Å². The number of H-pyrrole nitrogens is 1. The zero-order valence-electron chi connectivity index (χ0n) is 9.78. The molecule has 2 aromatic heterocycles. The zero-order chi connectivity index (χ0) is 11.7. The number of pyridine rings is 1. The molecule has 0 aliphatic carbocycles. The third-order valence-electron chi connectivity index (χ3n) is 2.75. The van der Waals surface area contributed by atoms with Crippen molar-refractivity contribution in [3.8, 4) is 0 Å². The molecule has 0 amide bonds. The second-order valence-corrected chi connectivity index (χ2v) is 5.38. The van der Waals surface area contributed by atoms with E-state index in [1.165, 1.54) is 0 Å². The Balaban J connectivity index is 2.52. The number of fused-ring (bicyclic) bond motifs is 1. The number of nitrogens with one attached hydrogen (secondary N) is 1. The first-order valence-corrected chi connectivity index (χ1v) is 6.62. The van der Waals surface area contributed by atoms with Crippen LogP contribution in [0.2, 0.25) is 0 Å². The van der Waals surface area contributed by atoms with Crippen LogP contribution in [0.25, 0.3) is 10.9 Å². The Morgan fingerprint density at radius 1 is 1.56 bits per heavy atom. The molecule has 2 heterocycles. The highest BCUT2D eigenvalue weighted by Crippen LogP contribution is 2.15. The Morgan fingerprint density at radius 2 is 2.31 bits per heavy atom. The molecular formula is C12H16N2OS. The number of hydrogen-bond donors (Lipinski definition) is 1. The van der Waals surface area contributed by atoms with Gasteiger partial charge in [0.25, 0.3) is 5.56 Å². The van der Waals surface area contributed by atoms with Gasteiger partial charge in [-0.1, -0.05) is 6.92 Å². The number of aromatic nitrogens is 2. The molecule has 4 heteroatoms. The van der Waals surface area contributed by atoms with E-state index in [0.29, 0.717) is 5.25 Å². The summed E-state index contributed by atoms with van der Waals surface area (Å²) < 4.78 is 2.04. The number of aromatic amines is 1. The van der Waals surface area contributed by atoms with Gasteiger partial charge in [-0.3, -0.25) is 4.79 Å². The lowest BCUT2D eigenvalue weighted by molar-refractivity contribution is 0.715. The Kier molecular flexibility index (Phi) is 3.10. The molecule has 2 rings (SSSR count). The van der Waals surface area contributed by atoms with Crippen LogP contribution in [0.15, 0.2) is 23.1 Å². The summed E-state index contributed by atoms with van der Waals surface area (Å²) in [7, 11) is 0. The maximum absolute atomic E-state index is 11.9. The molecule has 2 aromatic rings. The maximum Gasteiger partial charge on any atom is 0.272 e. The molecule has 0 bridgehead atoms. The summed E-state index contributed by atoms with van der Waals surface area (Å²) in [6, 6.07) is 4.02. The summed E-state index contributed by atoms with van der Waals surface area (Å²) >= 11 is 1.81. The first-order valence-electron chi connectivity index (χ1n) is 5.33. The molecule has 0 aromatic carbocycles. The van der Waals surface area contributed by atoms with Gasteiger partial charge in [-0.2, -0.15) is 11.8 Å². The molecule has 16 heavy (non-hydrogen) atoms. The molecule has 1 N–H and O–H groups in total. The Morgan fingerprint density at radius 3 is 3.00 bits per heavy atom. The molecule has 0 saturated heterocycles. The predicted octanol–water partition coefficient (Wildman–Crippen LogP) is 2.39. The standard InChI is InChI=1S/C12H16N2OS/c1-8-6-10-4-5-14(7-9(2)16-3)11(10)12(15)13-8/h4-6,9H,7H2,1-3H3,(H,13,15). The van der Waals surface area contributed by atoms with Crippen molar-refractivity contribution in [1.29, 1.82) is 0 Å². The summed E-state index contributed by atoms with van der Waals surface area (Å²) in [5.74, 6) is 0. The van der Waals surface area contributed by atoms with Gasteiger partial charge in [-0.15, -0.1) is 0 Å². The minimum atomic E-state index is 0.00769. The van der Waals surface area contributed by atoms with E-state index in [1.807, 2.05) is 41.6 Å². The molecule has 0 aliphatic rings. The Labute approximate surface area is 98.9 Å². The summed E-state index contributed by atoms with van der Waals surface area (Å²) in [5, 5.41) is 1.53. The van der Waals surface area contributed by atoms with Crippen molar-refractivity contribution in [3.63, 3.8) is 0 Å². The van der Waals surface area contributed by atoms with Crippen molar-refractivity contribution in [2.75, 3.05) is 6.26 Å². The van der Waals surface area contributed by atoms with Gasteiger partial charge in [-0.25, -0.2) is 0 Å². The normalized spacial score (nSPS) is 13.2. The molecule has 0 spiro atoms.